The third kappa shape index (κ3) is 3.55. The van der Waals surface area contributed by atoms with E-state index in [1.807, 2.05) is 0 Å². The van der Waals surface area contributed by atoms with Gasteiger partial charge in [0.2, 0.25) is 0 Å². The lowest BCUT2D eigenvalue weighted by Gasteiger charge is -2.07. The number of amidine groups is 1. The quantitative estimate of drug-likeness (QED) is 0.631. The zero-order chi connectivity index (χ0) is 12.1. The van der Waals surface area contributed by atoms with E-state index in [1.54, 1.807) is 12.1 Å². The molecule has 0 unspecified atom stereocenters. The van der Waals surface area contributed by atoms with Crippen molar-refractivity contribution in [2.45, 2.75) is 32.1 Å². The second-order valence-corrected chi connectivity index (χ2v) is 4.66. The molecule has 0 bridgehead atoms. The fourth-order valence-electron chi connectivity index (χ4n) is 2.32. The van der Waals surface area contributed by atoms with Gasteiger partial charge < -0.3 is 5.73 Å². The van der Waals surface area contributed by atoms with Crippen LogP contribution in [0.4, 0.5) is 4.39 Å². The maximum atomic E-state index is 12.7. The lowest BCUT2D eigenvalue weighted by atomic mass is 10.1. The van der Waals surface area contributed by atoms with E-state index in [0.29, 0.717) is 12.5 Å². The molecule has 1 aliphatic carbocycles. The van der Waals surface area contributed by atoms with Crippen LogP contribution in [-0.2, 0) is 6.42 Å². The standard InChI is InChI=1S/C14H19FN2/c15-13-7-5-11(6-8-13)9-10-17-14(16)12-3-1-2-4-12/h5-8,12H,1-4,9-10H2,(H2,16,17). The van der Waals surface area contributed by atoms with Crippen molar-refractivity contribution in [3.05, 3.63) is 35.6 Å². The Labute approximate surface area is 102 Å². The fraction of sp³-hybridized carbons (Fsp3) is 0.500. The predicted molar refractivity (Wildman–Crippen MR) is 68.6 cm³/mol. The van der Waals surface area contributed by atoms with Gasteiger partial charge in [-0.05, 0) is 37.0 Å². The second-order valence-electron chi connectivity index (χ2n) is 4.66. The smallest absolute Gasteiger partial charge is 0.123 e. The third-order valence-electron chi connectivity index (χ3n) is 3.38. The summed E-state index contributed by atoms with van der Waals surface area (Å²) in [6.45, 7) is 0.702. The van der Waals surface area contributed by atoms with Gasteiger partial charge in [-0.3, -0.25) is 4.99 Å². The van der Waals surface area contributed by atoms with Gasteiger partial charge in [0.1, 0.15) is 5.82 Å². The molecule has 2 nitrogen and oxygen atoms in total. The maximum Gasteiger partial charge on any atom is 0.123 e. The summed E-state index contributed by atoms with van der Waals surface area (Å²) in [5, 5.41) is 0. The number of nitrogens with zero attached hydrogens (tertiary/aromatic N) is 1. The highest BCUT2D eigenvalue weighted by Crippen LogP contribution is 2.24. The Hall–Kier alpha value is -1.38. The van der Waals surface area contributed by atoms with E-state index in [-0.39, 0.29) is 5.82 Å². The zero-order valence-corrected chi connectivity index (χ0v) is 10.0. The van der Waals surface area contributed by atoms with Crippen LogP contribution in [0.1, 0.15) is 31.2 Å². The minimum absolute atomic E-state index is 0.192. The molecule has 2 rings (SSSR count). The number of hydrogen-bond donors (Lipinski definition) is 1. The molecule has 1 aliphatic rings. The van der Waals surface area contributed by atoms with Crippen molar-refractivity contribution in [3.63, 3.8) is 0 Å². The minimum atomic E-state index is -0.192. The van der Waals surface area contributed by atoms with Crippen molar-refractivity contribution >= 4 is 5.84 Å². The Bertz CT molecular complexity index is 378. The van der Waals surface area contributed by atoms with Crippen molar-refractivity contribution in [1.29, 1.82) is 0 Å². The van der Waals surface area contributed by atoms with Gasteiger partial charge in [0.05, 0.1) is 5.84 Å². The number of rotatable bonds is 4. The lowest BCUT2D eigenvalue weighted by Crippen LogP contribution is -2.21. The van der Waals surface area contributed by atoms with E-state index in [9.17, 15) is 4.39 Å². The average Bonchev–Trinajstić information content (AvgIpc) is 2.85. The summed E-state index contributed by atoms with van der Waals surface area (Å²) >= 11 is 0. The fourth-order valence-corrected chi connectivity index (χ4v) is 2.32. The highest BCUT2D eigenvalue weighted by Gasteiger charge is 2.17. The number of aliphatic imine (C=N–C) groups is 1. The summed E-state index contributed by atoms with van der Waals surface area (Å²) in [7, 11) is 0. The number of benzene rings is 1. The van der Waals surface area contributed by atoms with Crippen LogP contribution in [0.25, 0.3) is 0 Å². The van der Waals surface area contributed by atoms with Gasteiger partial charge in [-0.25, -0.2) is 4.39 Å². The van der Waals surface area contributed by atoms with Gasteiger partial charge in [0, 0.05) is 12.5 Å². The summed E-state index contributed by atoms with van der Waals surface area (Å²) in [6, 6.07) is 6.58. The van der Waals surface area contributed by atoms with Crippen molar-refractivity contribution in [3.8, 4) is 0 Å². The largest absolute Gasteiger partial charge is 0.387 e. The van der Waals surface area contributed by atoms with Gasteiger partial charge in [-0.2, -0.15) is 0 Å². The van der Waals surface area contributed by atoms with Crippen LogP contribution >= 0.6 is 0 Å². The average molecular weight is 234 g/mol. The summed E-state index contributed by atoms with van der Waals surface area (Å²) in [5.74, 6) is 1.12. The first-order chi connectivity index (χ1) is 8.25. The van der Waals surface area contributed by atoms with E-state index in [4.69, 9.17) is 5.73 Å². The van der Waals surface area contributed by atoms with E-state index in [0.717, 1.165) is 17.8 Å². The molecule has 0 heterocycles. The number of halogens is 1. The third-order valence-corrected chi connectivity index (χ3v) is 3.38. The van der Waals surface area contributed by atoms with Gasteiger partial charge >= 0.3 is 0 Å². The number of nitrogens with two attached hydrogens (primary N) is 1. The molecule has 1 aromatic rings. The number of hydrogen-bond acceptors (Lipinski definition) is 1. The van der Waals surface area contributed by atoms with Crippen molar-refractivity contribution in [1.82, 2.24) is 0 Å². The second kappa shape index (κ2) is 5.80. The van der Waals surface area contributed by atoms with E-state index < -0.39 is 0 Å². The predicted octanol–water partition coefficient (Wildman–Crippen LogP) is 2.92. The monoisotopic (exact) mass is 234 g/mol. The Morgan fingerprint density at radius 2 is 1.88 bits per heavy atom. The topological polar surface area (TPSA) is 38.4 Å². The summed E-state index contributed by atoms with van der Waals surface area (Å²) < 4.78 is 12.7. The molecule has 1 fully saturated rings. The molecule has 0 aliphatic heterocycles. The molecular weight excluding hydrogens is 215 g/mol. The zero-order valence-electron chi connectivity index (χ0n) is 10.0. The highest BCUT2D eigenvalue weighted by molar-refractivity contribution is 5.83. The van der Waals surface area contributed by atoms with Crippen molar-refractivity contribution < 1.29 is 4.39 Å². The first kappa shape index (κ1) is 12.1. The molecule has 2 N–H and O–H groups in total. The summed E-state index contributed by atoms with van der Waals surface area (Å²) in [6.07, 6.45) is 5.75. The Balaban J connectivity index is 1.81. The Morgan fingerprint density at radius 3 is 2.53 bits per heavy atom. The molecule has 0 amide bonds. The molecule has 0 saturated heterocycles. The van der Waals surface area contributed by atoms with Crippen molar-refractivity contribution in [2.24, 2.45) is 16.6 Å². The maximum absolute atomic E-state index is 12.7. The van der Waals surface area contributed by atoms with Gasteiger partial charge in [-0.15, -0.1) is 0 Å². The Morgan fingerprint density at radius 1 is 1.24 bits per heavy atom. The molecule has 0 aromatic heterocycles. The highest BCUT2D eigenvalue weighted by atomic mass is 19.1. The molecule has 0 spiro atoms. The first-order valence-corrected chi connectivity index (χ1v) is 6.30. The molecular formula is C14H19FN2. The van der Waals surface area contributed by atoms with Crippen LogP contribution in [0.5, 0.6) is 0 Å². The molecule has 0 radical (unpaired) electrons. The lowest BCUT2D eigenvalue weighted by molar-refractivity contribution is 0.627. The van der Waals surface area contributed by atoms with E-state index in [1.165, 1.54) is 37.8 Å². The summed E-state index contributed by atoms with van der Waals surface area (Å²) in [4.78, 5) is 4.42. The molecule has 1 aromatic carbocycles. The van der Waals surface area contributed by atoms with Crippen LogP contribution in [0.15, 0.2) is 29.3 Å². The Kier molecular flexibility index (Phi) is 4.13. The van der Waals surface area contributed by atoms with Crippen LogP contribution in [0.2, 0.25) is 0 Å². The van der Waals surface area contributed by atoms with E-state index >= 15 is 0 Å². The summed E-state index contributed by atoms with van der Waals surface area (Å²) in [5.41, 5.74) is 7.06. The molecule has 1 saturated carbocycles. The minimum Gasteiger partial charge on any atom is -0.387 e. The van der Waals surface area contributed by atoms with E-state index in [2.05, 4.69) is 4.99 Å². The normalized spacial score (nSPS) is 17.6. The molecule has 0 atom stereocenters. The van der Waals surface area contributed by atoms with Crippen LogP contribution in [-0.4, -0.2) is 12.4 Å². The first-order valence-electron chi connectivity index (χ1n) is 6.30. The van der Waals surface area contributed by atoms with Crippen LogP contribution < -0.4 is 5.73 Å². The molecule has 92 valence electrons. The van der Waals surface area contributed by atoms with Gasteiger partial charge in [0.25, 0.3) is 0 Å². The van der Waals surface area contributed by atoms with Gasteiger partial charge in [0.15, 0.2) is 0 Å². The molecule has 3 heteroatoms. The SMILES string of the molecule is NC(=NCCc1ccc(F)cc1)C1CCCC1. The van der Waals surface area contributed by atoms with Crippen LogP contribution in [0.3, 0.4) is 0 Å². The molecule has 17 heavy (non-hydrogen) atoms. The van der Waals surface area contributed by atoms with Gasteiger partial charge in [-0.1, -0.05) is 25.0 Å². The van der Waals surface area contributed by atoms with Crippen molar-refractivity contribution in [2.75, 3.05) is 6.54 Å². The van der Waals surface area contributed by atoms with Crippen LogP contribution in [0, 0.1) is 11.7 Å².